The Kier molecular flexibility index (Phi) is 6.31. The van der Waals surface area contributed by atoms with Gasteiger partial charge in [0.1, 0.15) is 0 Å². The van der Waals surface area contributed by atoms with Gasteiger partial charge in [-0.15, -0.1) is 5.10 Å². The van der Waals surface area contributed by atoms with E-state index in [1.54, 1.807) is 55.5 Å². The second-order valence-electron chi connectivity index (χ2n) is 5.72. The average molecular weight is 393 g/mol. The molecule has 2 aromatic carbocycles. The van der Waals surface area contributed by atoms with Gasteiger partial charge in [0.05, 0.1) is 42.4 Å². The van der Waals surface area contributed by atoms with Crippen LogP contribution in [0.25, 0.3) is 0 Å². The molecule has 29 heavy (non-hydrogen) atoms. The highest BCUT2D eigenvalue weighted by Gasteiger charge is 2.14. The molecule has 2 N–H and O–H groups in total. The Labute approximate surface area is 167 Å². The van der Waals surface area contributed by atoms with Gasteiger partial charge in [-0.25, -0.2) is 9.59 Å². The Morgan fingerprint density at radius 1 is 0.931 bits per heavy atom. The van der Waals surface area contributed by atoms with Crippen molar-refractivity contribution in [2.75, 3.05) is 24.4 Å². The summed E-state index contributed by atoms with van der Waals surface area (Å²) in [5.74, 6) is -0.406. The Morgan fingerprint density at radius 3 is 2.21 bits per heavy atom. The van der Waals surface area contributed by atoms with Crippen LogP contribution in [0.1, 0.15) is 27.6 Å². The molecule has 9 heteroatoms. The van der Waals surface area contributed by atoms with Gasteiger partial charge >= 0.3 is 11.9 Å². The third-order valence-corrected chi connectivity index (χ3v) is 3.82. The van der Waals surface area contributed by atoms with E-state index in [2.05, 4.69) is 25.8 Å². The van der Waals surface area contributed by atoms with E-state index in [-0.39, 0.29) is 12.6 Å². The lowest BCUT2D eigenvalue weighted by molar-refractivity contribution is 0.0526. The first-order valence-electron chi connectivity index (χ1n) is 8.79. The first-order chi connectivity index (χ1) is 14.1. The number of benzene rings is 2. The van der Waals surface area contributed by atoms with Gasteiger partial charge in [-0.05, 0) is 31.2 Å². The summed E-state index contributed by atoms with van der Waals surface area (Å²) in [7, 11) is 1.31. The van der Waals surface area contributed by atoms with Crippen LogP contribution in [0.5, 0.6) is 0 Å². The number of ether oxygens (including phenoxy) is 2. The average Bonchev–Trinajstić information content (AvgIpc) is 2.74. The minimum Gasteiger partial charge on any atom is -0.465 e. The number of nitrogens with zero attached hydrogens (tertiary/aromatic N) is 3. The number of carbonyl (C=O) groups is 2. The van der Waals surface area contributed by atoms with Crippen LogP contribution >= 0.6 is 0 Å². The summed E-state index contributed by atoms with van der Waals surface area (Å²) in [5, 5.41) is 13.8. The monoisotopic (exact) mass is 393 g/mol. The zero-order valence-corrected chi connectivity index (χ0v) is 15.9. The summed E-state index contributed by atoms with van der Waals surface area (Å²) >= 11 is 0. The number of anilines is 4. The zero-order chi connectivity index (χ0) is 20.6. The van der Waals surface area contributed by atoms with Gasteiger partial charge in [-0.1, -0.05) is 24.3 Å². The summed E-state index contributed by atoms with van der Waals surface area (Å²) < 4.78 is 9.85. The van der Waals surface area contributed by atoms with E-state index >= 15 is 0 Å². The third-order valence-electron chi connectivity index (χ3n) is 3.82. The van der Waals surface area contributed by atoms with E-state index < -0.39 is 11.9 Å². The van der Waals surface area contributed by atoms with E-state index in [0.717, 1.165) is 0 Å². The lowest BCUT2D eigenvalue weighted by Crippen LogP contribution is -2.10. The third kappa shape index (κ3) is 4.83. The van der Waals surface area contributed by atoms with Gasteiger partial charge in [0.15, 0.2) is 5.82 Å². The van der Waals surface area contributed by atoms with Crippen LogP contribution in [0.3, 0.4) is 0 Å². The molecule has 0 unspecified atom stereocenters. The fourth-order valence-corrected chi connectivity index (χ4v) is 2.53. The highest BCUT2D eigenvalue weighted by atomic mass is 16.5. The van der Waals surface area contributed by atoms with Crippen LogP contribution < -0.4 is 10.6 Å². The van der Waals surface area contributed by atoms with Gasteiger partial charge in [-0.2, -0.15) is 10.1 Å². The maximum absolute atomic E-state index is 12.1. The molecule has 0 spiro atoms. The van der Waals surface area contributed by atoms with E-state index in [0.29, 0.717) is 28.3 Å². The van der Waals surface area contributed by atoms with Crippen LogP contribution in [-0.4, -0.2) is 40.8 Å². The molecular weight excluding hydrogens is 374 g/mol. The highest BCUT2D eigenvalue weighted by Crippen LogP contribution is 2.22. The summed E-state index contributed by atoms with van der Waals surface area (Å²) in [6.07, 6.45) is 1.41. The number of hydrogen-bond donors (Lipinski definition) is 2. The number of esters is 2. The number of para-hydroxylation sites is 2. The fourth-order valence-electron chi connectivity index (χ4n) is 2.53. The summed E-state index contributed by atoms with van der Waals surface area (Å²) in [6.45, 7) is 2.01. The van der Waals surface area contributed by atoms with Gasteiger partial charge in [0, 0.05) is 0 Å². The highest BCUT2D eigenvalue weighted by molar-refractivity contribution is 5.97. The Hall–Kier alpha value is -4.01. The van der Waals surface area contributed by atoms with Crippen LogP contribution in [0, 0.1) is 0 Å². The number of methoxy groups -OCH3 is 1. The van der Waals surface area contributed by atoms with Crippen LogP contribution in [-0.2, 0) is 9.47 Å². The second-order valence-corrected chi connectivity index (χ2v) is 5.72. The van der Waals surface area contributed by atoms with E-state index in [1.165, 1.54) is 13.3 Å². The topological polar surface area (TPSA) is 115 Å². The van der Waals surface area contributed by atoms with Crippen molar-refractivity contribution >= 4 is 35.1 Å². The van der Waals surface area contributed by atoms with Crippen molar-refractivity contribution in [2.24, 2.45) is 0 Å². The first kappa shape index (κ1) is 19.7. The van der Waals surface area contributed by atoms with Gasteiger partial charge < -0.3 is 20.1 Å². The van der Waals surface area contributed by atoms with Crippen molar-refractivity contribution in [3.8, 4) is 0 Å². The molecule has 3 aromatic rings. The summed E-state index contributed by atoms with van der Waals surface area (Å²) in [4.78, 5) is 28.4. The van der Waals surface area contributed by atoms with Gasteiger partial charge in [-0.3, -0.25) is 0 Å². The Balaban J connectivity index is 1.84. The van der Waals surface area contributed by atoms with Crippen molar-refractivity contribution in [2.45, 2.75) is 6.92 Å². The predicted octanol–water partition coefficient (Wildman–Crippen LogP) is 3.32. The molecule has 0 aliphatic carbocycles. The molecule has 0 saturated heterocycles. The van der Waals surface area contributed by atoms with Crippen molar-refractivity contribution < 1.29 is 19.1 Å². The second kappa shape index (κ2) is 9.27. The van der Waals surface area contributed by atoms with Gasteiger partial charge in [0.25, 0.3) is 0 Å². The fraction of sp³-hybridized carbons (Fsp3) is 0.150. The molecule has 0 atom stereocenters. The van der Waals surface area contributed by atoms with Crippen molar-refractivity contribution in [3.63, 3.8) is 0 Å². The molecule has 0 amide bonds. The summed E-state index contributed by atoms with van der Waals surface area (Å²) in [6, 6.07) is 13.7. The molecule has 0 aliphatic rings. The van der Waals surface area contributed by atoms with E-state index in [4.69, 9.17) is 9.47 Å². The molecule has 0 aliphatic heterocycles. The zero-order valence-electron chi connectivity index (χ0n) is 15.9. The largest absolute Gasteiger partial charge is 0.465 e. The van der Waals surface area contributed by atoms with Crippen molar-refractivity contribution in [3.05, 3.63) is 65.9 Å². The molecule has 0 radical (unpaired) electrons. The lowest BCUT2D eigenvalue weighted by Gasteiger charge is -2.12. The molecule has 9 nitrogen and oxygen atoms in total. The molecule has 1 aromatic heterocycles. The standard InChI is InChI=1S/C20H19N5O4/c1-3-29-19(27)14-9-5-7-11-16(14)23-20-24-17(12-21-25-20)22-15-10-6-4-8-13(15)18(26)28-2/h4-12H,3H2,1-2H3,(H2,22,23,24,25). The molecule has 148 valence electrons. The van der Waals surface area contributed by atoms with E-state index in [1.807, 2.05) is 0 Å². The van der Waals surface area contributed by atoms with Gasteiger partial charge in [0.2, 0.25) is 5.95 Å². The number of aromatic nitrogens is 3. The van der Waals surface area contributed by atoms with Crippen molar-refractivity contribution in [1.82, 2.24) is 15.2 Å². The molecule has 1 heterocycles. The molecule has 0 fully saturated rings. The lowest BCUT2D eigenvalue weighted by atomic mass is 10.2. The predicted molar refractivity (Wildman–Crippen MR) is 107 cm³/mol. The Morgan fingerprint density at radius 2 is 1.55 bits per heavy atom. The number of rotatable bonds is 7. The van der Waals surface area contributed by atoms with Crippen LogP contribution in [0.2, 0.25) is 0 Å². The molecule has 0 bridgehead atoms. The Bertz CT molecular complexity index is 1030. The van der Waals surface area contributed by atoms with Crippen molar-refractivity contribution in [1.29, 1.82) is 0 Å². The van der Waals surface area contributed by atoms with E-state index in [9.17, 15) is 9.59 Å². The number of carbonyl (C=O) groups excluding carboxylic acids is 2. The minimum atomic E-state index is -0.475. The molecular formula is C20H19N5O4. The quantitative estimate of drug-likeness (QED) is 0.583. The molecule has 3 rings (SSSR count). The SMILES string of the molecule is CCOC(=O)c1ccccc1Nc1nncc(Nc2ccccc2C(=O)OC)n1. The number of nitrogens with one attached hydrogen (secondary N) is 2. The smallest absolute Gasteiger partial charge is 0.340 e. The maximum Gasteiger partial charge on any atom is 0.340 e. The first-order valence-corrected chi connectivity index (χ1v) is 8.79. The maximum atomic E-state index is 12.1. The number of hydrogen-bond acceptors (Lipinski definition) is 9. The van der Waals surface area contributed by atoms with Crippen LogP contribution in [0.4, 0.5) is 23.1 Å². The van der Waals surface area contributed by atoms with Crippen LogP contribution in [0.15, 0.2) is 54.7 Å². The normalized spacial score (nSPS) is 10.1. The summed E-state index contributed by atoms with van der Waals surface area (Å²) in [5.41, 5.74) is 1.71. The minimum absolute atomic E-state index is 0.169. The molecule has 0 saturated carbocycles.